The maximum absolute atomic E-state index is 12.8. The molecule has 0 aliphatic rings. The predicted molar refractivity (Wildman–Crippen MR) is 90.3 cm³/mol. The van der Waals surface area contributed by atoms with Crippen LogP contribution in [0.2, 0.25) is 0 Å². The van der Waals surface area contributed by atoms with Gasteiger partial charge in [-0.1, -0.05) is 20.8 Å². The van der Waals surface area contributed by atoms with Gasteiger partial charge in [-0.25, -0.2) is 8.42 Å². The largest absolute Gasteiger partial charge is 0.312 e. The zero-order valence-corrected chi connectivity index (χ0v) is 15.6. The minimum atomic E-state index is -3.41. The Morgan fingerprint density at radius 1 is 1.33 bits per heavy atom. The van der Waals surface area contributed by atoms with Crippen molar-refractivity contribution in [2.24, 2.45) is 5.92 Å². The number of sulfonamides is 1. The first-order chi connectivity index (χ1) is 9.71. The summed E-state index contributed by atoms with van der Waals surface area (Å²) in [6, 6.07) is 1.80. The highest BCUT2D eigenvalue weighted by Crippen LogP contribution is 2.29. The van der Waals surface area contributed by atoms with Gasteiger partial charge in [0.2, 0.25) is 10.0 Å². The second-order valence-electron chi connectivity index (χ2n) is 5.82. The molecule has 21 heavy (non-hydrogen) atoms. The Labute approximate surface area is 133 Å². The number of hydrogen-bond donors (Lipinski definition) is 1. The summed E-state index contributed by atoms with van der Waals surface area (Å²) in [6.07, 6.45) is 1.07. The summed E-state index contributed by atoms with van der Waals surface area (Å²) in [4.78, 5) is 2.40. The first kappa shape index (κ1) is 18.6. The van der Waals surface area contributed by atoms with Crippen LogP contribution in [0.15, 0.2) is 11.0 Å². The Morgan fingerprint density at radius 3 is 2.48 bits per heavy atom. The summed E-state index contributed by atoms with van der Waals surface area (Å²) >= 11 is 1.56. The molecule has 0 spiro atoms. The van der Waals surface area contributed by atoms with Gasteiger partial charge >= 0.3 is 0 Å². The normalized spacial score (nSPS) is 14.1. The van der Waals surface area contributed by atoms with E-state index in [1.807, 2.05) is 33.8 Å². The van der Waals surface area contributed by atoms with Crippen LogP contribution in [0, 0.1) is 12.8 Å². The zero-order chi connectivity index (χ0) is 16.2. The summed E-state index contributed by atoms with van der Waals surface area (Å²) in [7, 11) is -1.73. The quantitative estimate of drug-likeness (QED) is 0.744. The lowest BCUT2D eigenvalue weighted by Gasteiger charge is -2.27. The van der Waals surface area contributed by atoms with E-state index >= 15 is 0 Å². The molecule has 1 atom stereocenters. The highest BCUT2D eigenvalue weighted by molar-refractivity contribution is 7.89. The molecule has 1 rings (SSSR count). The highest BCUT2D eigenvalue weighted by Gasteiger charge is 2.29. The average Bonchev–Trinajstić information content (AvgIpc) is 2.79. The third kappa shape index (κ3) is 4.52. The van der Waals surface area contributed by atoms with Gasteiger partial charge in [-0.05, 0) is 38.8 Å². The third-order valence-corrected chi connectivity index (χ3v) is 7.09. The number of thiophene rings is 1. The van der Waals surface area contributed by atoms with Crippen molar-refractivity contribution in [1.82, 2.24) is 9.62 Å². The van der Waals surface area contributed by atoms with Crippen LogP contribution in [0.4, 0.5) is 0 Å². The molecule has 0 aliphatic heterocycles. The molecular weight excluding hydrogens is 304 g/mol. The summed E-state index contributed by atoms with van der Waals surface area (Å²) in [5.74, 6) is 0.286. The molecule has 1 N–H and O–H groups in total. The Kier molecular flexibility index (Phi) is 6.84. The van der Waals surface area contributed by atoms with Crippen LogP contribution in [0.3, 0.4) is 0 Å². The molecule has 0 saturated carbocycles. The molecule has 0 aromatic carbocycles. The maximum atomic E-state index is 12.8. The van der Waals surface area contributed by atoms with E-state index in [1.165, 1.54) is 4.31 Å². The Morgan fingerprint density at radius 2 is 1.95 bits per heavy atom. The number of rotatable bonds is 8. The van der Waals surface area contributed by atoms with Gasteiger partial charge in [0.25, 0.3) is 0 Å². The van der Waals surface area contributed by atoms with Gasteiger partial charge in [-0.3, -0.25) is 0 Å². The van der Waals surface area contributed by atoms with Gasteiger partial charge in [-0.15, -0.1) is 11.3 Å². The number of aryl methyl sites for hydroxylation is 1. The van der Waals surface area contributed by atoms with E-state index in [1.54, 1.807) is 18.4 Å². The van der Waals surface area contributed by atoms with Crippen LogP contribution in [0.5, 0.6) is 0 Å². The highest BCUT2D eigenvalue weighted by atomic mass is 32.2. The van der Waals surface area contributed by atoms with E-state index in [0.717, 1.165) is 29.3 Å². The monoisotopic (exact) mass is 332 g/mol. The molecule has 0 fully saturated rings. The second-order valence-corrected chi connectivity index (χ2v) is 9.12. The minimum absolute atomic E-state index is 0.0176. The van der Waals surface area contributed by atoms with Crippen molar-refractivity contribution < 1.29 is 8.42 Å². The fourth-order valence-corrected chi connectivity index (χ4v) is 5.11. The van der Waals surface area contributed by atoms with E-state index < -0.39 is 10.0 Å². The summed E-state index contributed by atoms with van der Waals surface area (Å²) < 4.78 is 27.0. The molecule has 0 saturated heterocycles. The average molecular weight is 333 g/mol. The van der Waals surface area contributed by atoms with Crippen molar-refractivity contribution in [3.05, 3.63) is 15.8 Å². The van der Waals surface area contributed by atoms with Gasteiger partial charge < -0.3 is 5.32 Å². The fourth-order valence-electron chi connectivity index (χ4n) is 2.05. The van der Waals surface area contributed by atoms with Gasteiger partial charge in [0.1, 0.15) is 0 Å². The topological polar surface area (TPSA) is 49.4 Å². The number of nitrogens with zero attached hydrogens (tertiary/aromatic N) is 1. The van der Waals surface area contributed by atoms with E-state index in [9.17, 15) is 8.42 Å². The maximum Gasteiger partial charge on any atom is 0.244 e. The summed E-state index contributed by atoms with van der Waals surface area (Å²) in [5.41, 5.74) is 0. The van der Waals surface area contributed by atoms with Gasteiger partial charge in [0.15, 0.2) is 0 Å². The van der Waals surface area contributed by atoms with E-state index in [2.05, 4.69) is 12.2 Å². The van der Waals surface area contributed by atoms with Crippen molar-refractivity contribution in [3.8, 4) is 0 Å². The molecule has 4 nitrogen and oxygen atoms in total. The molecule has 122 valence electrons. The molecule has 0 bridgehead atoms. The van der Waals surface area contributed by atoms with Crippen molar-refractivity contribution in [3.63, 3.8) is 0 Å². The van der Waals surface area contributed by atoms with Crippen LogP contribution < -0.4 is 5.32 Å². The standard InChI is InChI=1S/C15H28N2O2S2/c1-7-8-16-10-14-9-15(13(5)20-14)21(18,19)17(6)12(4)11(2)3/h9,11-12,16H,7-8,10H2,1-6H3. The summed E-state index contributed by atoms with van der Waals surface area (Å²) in [6.45, 7) is 11.7. The number of hydrogen-bond acceptors (Lipinski definition) is 4. The van der Waals surface area contributed by atoms with Crippen LogP contribution >= 0.6 is 11.3 Å². The van der Waals surface area contributed by atoms with Crippen molar-refractivity contribution >= 4 is 21.4 Å². The Bertz CT molecular complexity index is 550. The molecule has 0 radical (unpaired) electrons. The lowest BCUT2D eigenvalue weighted by molar-refractivity contribution is 0.315. The minimum Gasteiger partial charge on any atom is -0.312 e. The molecule has 1 unspecified atom stereocenters. The van der Waals surface area contributed by atoms with E-state index in [0.29, 0.717) is 4.90 Å². The van der Waals surface area contributed by atoms with Gasteiger partial charge in [0.05, 0.1) is 4.90 Å². The molecule has 0 amide bonds. The lowest BCUT2D eigenvalue weighted by atomic mass is 10.1. The van der Waals surface area contributed by atoms with Crippen LogP contribution in [0.25, 0.3) is 0 Å². The molecule has 1 aromatic rings. The third-order valence-electron chi connectivity index (χ3n) is 3.84. The first-order valence-electron chi connectivity index (χ1n) is 7.49. The van der Waals surface area contributed by atoms with Gasteiger partial charge in [0, 0.05) is 29.4 Å². The lowest BCUT2D eigenvalue weighted by Crippen LogP contribution is -2.38. The fraction of sp³-hybridized carbons (Fsp3) is 0.733. The second kappa shape index (κ2) is 7.72. The number of nitrogens with one attached hydrogen (secondary N) is 1. The molecule has 1 heterocycles. The van der Waals surface area contributed by atoms with E-state index in [-0.39, 0.29) is 12.0 Å². The smallest absolute Gasteiger partial charge is 0.244 e. The van der Waals surface area contributed by atoms with E-state index in [4.69, 9.17) is 0 Å². The molecular formula is C15H28N2O2S2. The SMILES string of the molecule is CCCNCc1cc(S(=O)(=O)N(C)C(C)C(C)C)c(C)s1. The van der Waals surface area contributed by atoms with Crippen molar-refractivity contribution in [2.75, 3.05) is 13.6 Å². The molecule has 0 aliphatic carbocycles. The zero-order valence-electron chi connectivity index (χ0n) is 13.9. The Hall–Kier alpha value is -0.430. The van der Waals surface area contributed by atoms with Crippen LogP contribution in [-0.2, 0) is 16.6 Å². The van der Waals surface area contributed by atoms with Crippen LogP contribution in [-0.4, -0.2) is 32.4 Å². The predicted octanol–water partition coefficient (Wildman–Crippen LogP) is 3.22. The molecule has 6 heteroatoms. The molecule has 1 aromatic heterocycles. The van der Waals surface area contributed by atoms with Crippen molar-refractivity contribution in [1.29, 1.82) is 0 Å². The van der Waals surface area contributed by atoms with Crippen LogP contribution in [0.1, 0.15) is 43.9 Å². The Balaban J connectivity index is 2.98. The summed E-state index contributed by atoms with van der Waals surface area (Å²) in [5, 5.41) is 3.32. The first-order valence-corrected chi connectivity index (χ1v) is 9.75. The van der Waals surface area contributed by atoms with Gasteiger partial charge in [-0.2, -0.15) is 4.31 Å². The van der Waals surface area contributed by atoms with Crippen molar-refractivity contribution in [2.45, 2.75) is 58.5 Å².